The predicted octanol–water partition coefficient (Wildman–Crippen LogP) is 3.90. The molecular weight excluding hydrogens is 255 g/mol. The van der Waals surface area contributed by atoms with Gasteiger partial charge in [0.15, 0.2) is 5.78 Å². The first kappa shape index (κ1) is 14.3. The second-order valence-corrected chi connectivity index (χ2v) is 4.79. The van der Waals surface area contributed by atoms with Crippen LogP contribution in [-0.4, -0.2) is 12.9 Å². The van der Waals surface area contributed by atoms with Crippen LogP contribution in [0.3, 0.4) is 0 Å². The molecule has 0 N–H and O–H groups in total. The minimum Gasteiger partial charge on any atom is -0.497 e. The molecule has 0 amide bonds. The topological polar surface area (TPSA) is 26.3 Å². The number of rotatable bonds is 5. The van der Waals surface area contributed by atoms with Gasteiger partial charge in [-0.1, -0.05) is 37.3 Å². The largest absolute Gasteiger partial charge is 0.497 e. The van der Waals surface area contributed by atoms with Gasteiger partial charge in [0.05, 0.1) is 7.11 Å². The molecule has 0 fully saturated rings. The van der Waals surface area contributed by atoms with Crippen LogP contribution in [0.4, 0.5) is 4.39 Å². The van der Waals surface area contributed by atoms with E-state index in [4.69, 9.17) is 4.74 Å². The number of Topliss-reactive ketones (excluding diaryl/α,β-unsaturated/α-hetero) is 1. The Labute approximate surface area is 118 Å². The number of ketones is 1. The van der Waals surface area contributed by atoms with Crippen molar-refractivity contribution < 1.29 is 13.9 Å². The van der Waals surface area contributed by atoms with Crippen molar-refractivity contribution >= 4 is 5.78 Å². The van der Waals surface area contributed by atoms with Crippen molar-refractivity contribution in [2.75, 3.05) is 7.11 Å². The van der Waals surface area contributed by atoms with Gasteiger partial charge in [0.1, 0.15) is 11.6 Å². The fraction of sp³-hybridized carbons (Fsp3) is 0.235. The monoisotopic (exact) mass is 272 g/mol. The van der Waals surface area contributed by atoms with Crippen molar-refractivity contribution in [1.82, 2.24) is 0 Å². The van der Waals surface area contributed by atoms with Gasteiger partial charge >= 0.3 is 0 Å². The summed E-state index contributed by atoms with van der Waals surface area (Å²) in [6.07, 6.45) is 0.392. The number of benzene rings is 2. The van der Waals surface area contributed by atoms with Gasteiger partial charge in [-0.3, -0.25) is 4.79 Å². The van der Waals surface area contributed by atoms with Gasteiger partial charge in [-0.25, -0.2) is 4.39 Å². The molecule has 0 saturated carbocycles. The zero-order chi connectivity index (χ0) is 14.5. The van der Waals surface area contributed by atoms with E-state index in [0.717, 1.165) is 0 Å². The quantitative estimate of drug-likeness (QED) is 0.772. The highest BCUT2D eigenvalue weighted by Gasteiger charge is 2.17. The van der Waals surface area contributed by atoms with Crippen molar-refractivity contribution in [1.29, 1.82) is 0 Å². The Morgan fingerprint density at radius 3 is 2.65 bits per heavy atom. The Morgan fingerprint density at radius 1 is 1.20 bits per heavy atom. The molecule has 0 aromatic heterocycles. The summed E-state index contributed by atoms with van der Waals surface area (Å²) < 4.78 is 18.7. The first-order valence-electron chi connectivity index (χ1n) is 6.53. The van der Waals surface area contributed by atoms with Crippen LogP contribution >= 0.6 is 0 Å². The molecule has 1 atom stereocenters. The summed E-state index contributed by atoms with van der Waals surface area (Å²) in [4.78, 5) is 12.4. The molecule has 3 heteroatoms. The van der Waals surface area contributed by atoms with Crippen LogP contribution in [0.25, 0.3) is 0 Å². The van der Waals surface area contributed by atoms with E-state index in [1.807, 2.05) is 6.92 Å². The maximum atomic E-state index is 13.6. The highest BCUT2D eigenvalue weighted by atomic mass is 19.1. The average Bonchev–Trinajstić information content (AvgIpc) is 2.48. The van der Waals surface area contributed by atoms with Crippen molar-refractivity contribution in [3.8, 4) is 5.75 Å². The van der Waals surface area contributed by atoms with Crippen LogP contribution in [0, 0.1) is 11.7 Å². The third-order valence-electron chi connectivity index (χ3n) is 3.29. The summed E-state index contributed by atoms with van der Waals surface area (Å²) in [5.41, 5.74) is 1.16. The molecule has 2 nitrogen and oxygen atoms in total. The number of carbonyl (C=O) groups is 1. The summed E-state index contributed by atoms with van der Waals surface area (Å²) in [6, 6.07) is 13.6. The van der Waals surface area contributed by atoms with Crippen molar-refractivity contribution in [3.63, 3.8) is 0 Å². The second-order valence-electron chi connectivity index (χ2n) is 4.79. The normalized spacial score (nSPS) is 11.9. The third-order valence-corrected chi connectivity index (χ3v) is 3.29. The summed E-state index contributed by atoms with van der Waals surface area (Å²) in [5, 5.41) is 0. The predicted molar refractivity (Wildman–Crippen MR) is 76.6 cm³/mol. The Hall–Kier alpha value is -2.16. The molecule has 0 aliphatic heterocycles. The first-order valence-corrected chi connectivity index (χ1v) is 6.53. The van der Waals surface area contributed by atoms with Crippen LogP contribution in [0.5, 0.6) is 5.75 Å². The Morgan fingerprint density at radius 2 is 1.95 bits per heavy atom. The zero-order valence-electron chi connectivity index (χ0n) is 11.6. The van der Waals surface area contributed by atoms with E-state index < -0.39 is 0 Å². The molecule has 2 rings (SSSR count). The fourth-order valence-corrected chi connectivity index (χ4v) is 2.15. The maximum absolute atomic E-state index is 13.6. The van der Waals surface area contributed by atoms with Gasteiger partial charge in [-0.15, -0.1) is 0 Å². The van der Waals surface area contributed by atoms with E-state index in [0.29, 0.717) is 23.3 Å². The smallest absolute Gasteiger partial charge is 0.166 e. The minimum atomic E-state index is -0.279. The van der Waals surface area contributed by atoms with Gasteiger partial charge in [-0.2, -0.15) is 0 Å². The van der Waals surface area contributed by atoms with Crippen LogP contribution in [0.15, 0.2) is 48.5 Å². The third kappa shape index (κ3) is 3.23. The number of carbonyl (C=O) groups excluding carboxylic acids is 1. The van der Waals surface area contributed by atoms with Crippen molar-refractivity contribution in [3.05, 3.63) is 65.5 Å². The molecule has 0 aliphatic carbocycles. The average molecular weight is 272 g/mol. The van der Waals surface area contributed by atoms with Crippen molar-refractivity contribution in [2.24, 2.45) is 5.92 Å². The highest BCUT2D eigenvalue weighted by molar-refractivity contribution is 5.98. The van der Waals surface area contributed by atoms with E-state index in [-0.39, 0.29) is 17.5 Å². The lowest BCUT2D eigenvalue weighted by molar-refractivity contribution is 0.0928. The second kappa shape index (κ2) is 6.33. The van der Waals surface area contributed by atoms with Crippen LogP contribution in [0.1, 0.15) is 22.8 Å². The lowest BCUT2D eigenvalue weighted by atomic mass is 9.92. The Bertz CT molecular complexity index is 607. The molecule has 0 spiro atoms. The molecule has 0 saturated heterocycles. The van der Waals surface area contributed by atoms with Gasteiger partial charge in [-0.05, 0) is 30.2 Å². The lowest BCUT2D eigenvalue weighted by Gasteiger charge is -2.12. The van der Waals surface area contributed by atoms with E-state index in [1.54, 1.807) is 49.6 Å². The molecule has 0 heterocycles. The molecule has 0 aliphatic rings. The molecular formula is C17H17FO2. The highest BCUT2D eigenvalue weighted by Crippen LogP contribution is 2.19. The standard InChI is InChI=1S/C17H17FO2/c1-12(10-13-6-3-4-9-16(13)18)17(19)14-7-5-8-15(11-14)20-2/h3-9,11-12H,10H2,1-2H3. The van der Waals surface area contributed by atoms with Gasteiger partial charge in [0.25, 0.3) is 0 Å². The number of ether oxygens (including phenoxy) is 1. The summed E-state index contributed by atoms with van der Waals surface area (Å²) in [6.45, 7) is 1.81. The zero-order valence-corrected chi connectivity index (χ0v) is 11.6. The molecule has 2 aromatic rings. The summed E-state index contributed by atoms with van der Waals surface area (Å²) in [7, 11) is 1.56. The molecule has 0 bridgehead atoms. The first-order chi connectivity index (χ1) is 9.61. The van der Waals surface area contributed by atoms with Gasteiger partial charge < -0.3 is 4.74 Å². The Kier molecular flexibility index (Phi) is 4.51. The van der Waals surface area contributed by atoms with Crippen LogP contribution in [-0.2, 0) is 6.42 Å². The number of halogens is 1. The number of hydrogen-bond donors (Lipinski definition) is 0. The maximum Gasteiger partial charge on any atom is 0.166 e. The van der Waals surface area contributed by atoms with E-state index in [2.05, 4.69) is 0 Å². The van der Waals surface area contributed by atoms with E-state index in [9.17, 15) is 9.18 Å². The molecule has 104 valence electrons. The van der Waals surface area contributed by atoms with Crippen LogP contribution < -0.4 is 4.74 Å². The summed E-state index contributed by atoms with van der Waals surface area (Å²) in [5.74, 6) is 0.0953. The van der Waals surface area contributed by atoms with Gasteiger partial charge in [0.2, 0.25) is 0 Å². The van der Waals surface area contributed by atoms with Crippen LogP contribution in [0.2, 0.25) is 0 Å². The number of methoxy groups -OCH3 is 1. The molecule has 2 aromatic carbocycles. The molecule has 0 radical (unpaired) electrons. The molecule has 1 unspecified atom stereocenters. The van der Waals surface area contributed by atoms with E-state index in [1.165, 1.54) is 6.07 Å². The SMILES string of the molecule is COc1cccc(C(=O)C(C)Cc2ccccc2F)c1. The summed E-state index contributed by atoms with van der Waals surface area (Å²) >= 11 is 0. The molecule has 20 heavy (non-hydrogen) atoms. The fourth-order valence-electron chi connectivity index (χ4n) is 2.15. The van der Waals surface area contributed by atoms with Crippen molar-refractivity contribution in [2.45, 2.75) is 13.3 Å². The van der Waals surface area contributed by atoms with E-state index >= 15 is 0 Å². The Balaban J connectivity index is 2.14. The lowest BCUT2D eigenvalue weighted by Crippen LogP contribution is -2.14. The number of hydrogen-bond acceptors (Lipinski definition) is 2. The minimum absolute atomic E-state index is 0.00727. The van der Waals surface area contributed by atoms with Gasteiger partial charge in [0, 0.05) is 11.5 Å².